The monoisotopic (exact) mass is 438 g/mol. The summed E-state index contributed by atoms with van der Waals surface area (Å²) in [6.07, 6.45) is -2.10. The fourth-order valence-corrected chi connectivity index (χ4v) is 3.97. The number of alkyl halides is 3. The Morgan fingerprint density at radius 2 is 1.97 bits per heavy atom. The number of nitrogens with zero attached hydrogens (tertiary/aromatic N) is 2. The molecule has 1 amide bonds. The number of nitrogens with one attached hydrogen (secondary N) is 2. The minimum Gasteiger partial charge on any atom is -0.493 e. The van der Waals surface area contributed by atoms with Crippen LogP contribution in [0.4, 0.5) is 19.0 Å². The number of carbonyl (C=O) groups excluding carboxylic acids is 1. The molecule has 1 aromatic heterocycles. The van der Waals surface area contributed by atoms with Gasteiger partial charge in [-0.2, -0.15) is 18.3 Å². The lowest BCUT2D eigenvalue weighted by molar-refractivity contribution is -0.174. The Morgan fingerprint density at radius 1 is 1.23 bits per heavy atom. The number of halogens is 3. The van der Waals surface area contributed by atoms with Gasteiger partial charge in [-0.15, -0.1) is 0 Å². The van der Waals surface area contributed by atoms with E-state index in [4.69, 9.17) is 9.47 Å². The summed E-state index contributed by atoms with van der Waals surface area (Å²) >= 11 is 0. The number of rotatable bonds is 7. The van der Waals surface area contributed by atoms with Crippen LogP contribution >= 0.6 is 0 Å². The van der Waals surface area contributed by atoms with E-state index in [2.05, 4.69) is 15.7 Å². The van der Waals surface area contributed by atoms with Crippen molar-refractivity contribution < 1.29 is 27.4 Å². The highest BCUT2D eigenvalue weighted by atomic mass is 19.4. The predicted molar refractivity (Wildman–Crippen MR) is 108 cm³/mol. The van der Waals surface area contributed by atoms with Crippen LogP contribution in [-0.4, -0.2) is 48.7 Å². The molecule has 2 N–H and O–H groups in total. The zero-order valence-electron chi connectivity index (χ0n) is 17.3. The lowest BCUT2D eigenvalue weighted by atomic mass is 10.0. The summed E-state index contributed by atoms with van der Waals surface area (Å²) in [6, 6.07) is 4.89. The van der Waals surface area contributed by atoms with Crippen molar-refractivity contribution in [2.45, 2.75) is 43.9 Å². The number of anilines is 1. The zero-order valence-corrected chi connectivity index (χ0v) is 17.3. The summed E-state index contributed by atoms with van der Waals surface area (Å²) in [7, 11) is 3.09. The van der Waals surface area contributed by atoms with Gasteiger partial charge >= 0.3 is 6.18 Å². The molecule has 7 nitrogen and oxygen atoms in total. The molecule has 2 heterocycles. The van der Waals surface area contributed by atoms with E-state index in [-0.39, 0.29) is 29.9 Å². The first-order valence-corrected chi connectivity index (χ1v) is 10.2. The number of methoxy groups -OCH3 is 2. The Labute approximate surface area is 177 Å². The fraction of sp³-hybridized carbons (Fsp3) is 0.524. The van der Waals surface area contributed by atoms with Crippen molar-refractivity contribution in [1.29, 1.82) is 0 Å². The van der Waals surface area contributed by atoms with Crippen LogP contribution in [0.15, 0.2) is 24.3 Å². The summed E-state index contributed by atoms with van der Waals surface area (Å²) in [5, 5.41) is 9.84. The predicted octanol–water partition coefficient (Wildman–Crippen LogP) is 3.57. The maximum absolute atomic E-state index is 13.6. The molecule has 168 valence electrons. The van der Waals surface area contributed by atoms with Gasteiger partial charge in [0, 0.05) is 18.7 Å². The summed E-state index contributed by atoms with van der Waals surface area (Å²) < 4.78 is 52.1. The van der Waals surface area contributed by atoms with E-state index in [9.17, 15) is 18.0 Å². The second-order valence-corrected chi connectivity index (χ2v) is 7.94. The number of amides is 1. The van der Waals surface area contributed by atoms with Crippen molar-refractivity contribution >= 4 is 11.7 Å². The Kier molecular flexibility index (Phi) is 5.72. The molecule has 2 aromatic rings. The van der Waals surface area contributed by atoms with Gasteiger partial charge in [0.1, 0.15) is 5.82 Å². The molecule has 0 bridgehead atoms. The summed E-state index contributed by atoms with van der Waals surface area (Å²) in [4.78, 5) is 12.5. The van der Waals surface area contributed by atoms with Gasteiger partial charge in [0.15, 0.2) is 23.2 Å². The molecule has 0 radical (unpaired) electrons. The number of carbonyl (C=O) groups is 1. The molecular formula is C21H25F3N4O3. The molecular weight excluding hydrogens is 413 g/mol. The molecule has 1 saturated carbocycles. The summed E-state index contributed by atoms with van der Waals surface area (Å²) in [5.41, 5.74) is 0.897. The number of aromatic nitrogens is 2. The SMILES string of the molecule is COc1ccc(CCNC(=O)c2cc3n(n2)C(C(F)(F)F)CC(C2CC2)N3)cc1OC. The second kappa shape index (κ2) is 8.32. The van der Waals surface area contributed by atoms with Crippen LogP contribution in [0.1, 0.15) is 41.4 Å². The number of ether oxygens (including phenoxy) is 2. The van der Waals surface area contributed by atoms with E-state index >= 15 is 0 Å². The van der Waals surface area contributed by atoms with Crippen molar-refractivity contribution in [3.63, 3.8) is 0 Å². The minimum atomic E-state index is -4.42. The van der Waals surface area contributed by atoms with E-state index in [1.807, 2.05) is 12.1 Å². The maximum atomic E-state index is 13.6. The van der Waals surface area contributed by atoms with E-state index < -0.39 is 18.1 Å². The molecule has 2 atom stereocenters. The molecule has 1 aliphatic carbocycles. The van der Waals surface area contributed by atoms with Crippen molar-refractivity contribution in [3.8, 4) is 11.5 Å². The average Bonchev–Trinajstić information content (AvgIpc) is 3.50. The molecule has 0 spiro atoms. The van der Waals surface area contributed by atoms with Gasteiger partial charge < -0.3 is 20.1 Å². The highest BCUT2D eigenvalue weighted by Gasteiger charge is 2.49. The van der Waals surface area contributed by atoms with Crippen molar-refractivity contribution in [2.75, 3.05) is 26.1 Å². The van der Waals surface area contributed by atoms with Gasteiger partial charge in [0.2, 0.25) is 0 Å². The number of fused-ring (bicyclic) bond motifs is 1. The lowest BCUT2D eigenvalue weighted by Gasteiger charge is -2.33. The third kappa shape index (κ3) is 4.57. The van der Waals surface area contributed by atoms with Crippen molar-refractivity contribution in [3.05, 3.63) is 35.5 Å². The number of hydrogen-bond acceptors (Lipinski definition) is 5. The van der Waals surface area contributed by atoms with Gasteiger partial charge in [0.05, 0.1) is 14.2 Å². The minimum absolute atomic E-state index is 0.0273. The average molecular weight is 438 g/mol. The molecule has 10 heteroatoms. The molecule has 2 aliphatic rings. The van der Waals surface area contributed by atoms with Gasteiger partial charge in [-0.3, -0.25) is 4.79 Å². The molecule has 2 unspecified atom stereocenters. The second-order valence-electron chi connectivity index (χ2n) is 7.94. The van der Waals surface area contributed by atoms with Crippen molar-refractivity contribution in [2.24, 2.45) is 5.92 Å². The van der Waals surface area contributed by atoms with Crippen LogP contribution in [0.25, 0.3) is 0 Å². The van der Waals surface area contributed by atoms with Crippen LogP contribution in [-0.2, 0) is 6.42 Å². The number of benzene rings is 1. The quantitative estimate of drug-likeness (QED) is 0.691. The Balaban J connectivity index is 1.42. The van der Waals surface area contributed by atoms with Crippen molar-refractivity contribution in [1.82, 2.24) is 15.1 Å². The normalized spacial score (nSPS) is 20.5. The van der Waals surface area contributed by atoms with Crippen LogP contribution in [0.2, 0.25) is 0 Å². The van der Waals surface area contributed by atoms with Crippen LogP contribution in [0.3, 0.4) is 0 Å². The van der Waals surface area contributed by atoms with E-state index in [1.54, 1.807) is 20.3 Å². The first kappa shape index (κ1) is 21.3. The Bertz CT molecular complexity index is 956. The van der Waals surface area contributed by atoms with Gasteiger partial charge in [0.25, 0.3) is 5.91 Å². The highest BCUT2D eigenvalue weighted by molar-refractivity contribution is 5.93. The molecule has 4 rings (SSSR count). The van der Waals surface area contributed by atoms with E-state index in [0.29, 0.717) is 24.5 Å². The molecule has 1 fully saturated rings. The van der Waals surface area contributed by atoms with Crippen LogP contribution in [0.5, 0.6) is 11.5 Å². The highest BCUT2D eigenvalue weighted by Crippen LogP contribution is 2.45. The van der Waals surface area contributed by atoms with E-state index in [0.717, 1.165) is 23.1 Å². The Hall–Kier alpha value is -2.91. The topological polar surface area (TPSA) is 77.4 Å². The first-order chi connectivity index (χ1) is 14.8. The largest absolute Gasteiger partial charge is 0.493 e. The smallest absolute Gasteiger partial charge is 0.410 e. The Morgan fingerprint density at radius 3 is 2.61 bits per heavy atom. The lowest BCUT2D eigenvalue weighted by Crippen LogP contribution is -2.40. The zero-order chi connectivity index (χ0) is 22.2. The standard InChI is InChI=1S/C21H25F3N4O3/c1-30-16-6-3-12(9-17(16)31-2)7-8-25-20(29)15-11-19-26-14(13-4-5-13)10-18(21(22,23)24)28(19)27-15/h3,6,9,11,13-14,18,26H,4-5,7-8,10H2,1-2H3,(H,25,29). The number of hydrogen-bond donors (Lipinski definition) is 2. The molecule has 1 aromatic carbocycles. The summed E-state index contributed by atoms with van der Waals surface area (Å²) in [5.74, 6) is 1.19. The van der Waals surface area contributed by atoms with Gasteiger partial charge in [-0.25, -0.2) is 4.68 Å². The third-order valence-corrected chi connectivity index (χ3v) is 5.79. The van der Waals surface area contributed by atoms with Crippen LogP contribution < -0.4 is 20.1 Å². The maximum Gasteiger partial charge on any atom is 0.410 e. The molecule has 1 aliphatic heterocycles. The van der Waals surface area contributed by atoms with Crippen LogP contribution in [0, 0.1) is 5.92 Å². The van der Waals surface area contributed by atoms with Gasteiger partial charge in [-0.05, 0) is 49.3 Å². The summed E-state index contributed by atoms with van der Waals surface area (Å²) in [6.45, 7) is 0.303. The fourth-order valence-electron chi connectivity index (χ4n) is 3.97. The van der Waals surface area contributed by atoms with E-state index in [1.165, 1.54) is 6.07 Å². The molecule has 31 heavy (non-hydrogen) atoms. The third-order valence-electron chi connectivity index (χ3n) is 5.79. The first-order valence-electron chi connectivity index (χ1n) is 10.2. The molecule has 0 saturated heterocycles. The van der Waals surface area contributed by atoms with Gasteiger partial charge in [-0.1, -0.05) is 6.07 Å².